The van der Waals surface area contributed by atoms with Crippen molar-refractivity contribution in [3.8, 4) is 0 Å². The van der Waals surface area contributed by atoms with E-state index in [1.54, 1.807) is 0 Å². The molecule has 0 radical (unpaired) electrons. The summed E-state index contributed by atoms with van der Waals surface area (Å²) in [5, 5.41) is 0.296. The van der Waals surface area contributed by atoms with Gasteiger partial charge in [0.05, 0.1) is 4.47 Å². The highest BCUT2D eigenvalue weighted by atomic mass is 79.9. The van der Waals surface area contributed by atoms with Crippen molar-refractivity contribution in [2.24, 2.45) is 0 Å². The van der Waals surface area contributed by atoms with Crippen molar-refractivity contribution < 1.29 is 4.39 Å². The molecule has 1 heterocycles. The number of nitrogens with one attached hydrogen (secondary N) is 1. The molecular weight excluding hydrogens is 323 g/mol. The van der Waals surface area contributed by atoms with Crippen LogP contribution >= 0.6 is 27.7 Å². The third kappa shape index (κ3) is 2.82. The first-order valence-electron chi connectivity index (χ1n) is 4.75. The number of benzene rings is 1. The number of rotatable bonds is 2. The summed E-state index contributed by atoms with van der Waals surface area (Å²) in [5.41, 5.74) is 11.0. The number of nitrogens with zero attached hydrogens (tertiary/aromatic N) is 1. The maximum Gasteiger partial charge on any atom is 0.253 e. The molecule has 0 aliphatic heterocycles. The minimum absolute atomic E-state index is 0.112. The largest absolute Gasteiger partial charge is 0.398 e. The van der Waals surface area contributed by atoms with Gasteiger partial charge in [0.2, 0.25) is 0 Å². The summed E-state index contributed by atoms with van der Waals surface area (Å²) < 4.78 is 13.5. The highest BCUT2D eigenvalue weighted by Gasteiger charge is 2.09. The van der Waals surface area contributed by atoms with Gasteiger partial charge in [0.1, 0.15) is 11.6 Å². The van der Waals surface area contributed by atoms with Gasteiger partial charge in [0.15, 0.2) is 5.16 Å². The molecule has 8 heteroatoms. The van der Waals surface area contributed by atoms with Crippen LogP contribution in [0.5, 0.6) is 0 Å². The van der Waals surface area contributed by atoms with E-state index >= 15 is 0 Å². The van der Waals surface area contributed by atoms with Crippen LogP contribution < -0.4 is 17.0 Å². The molecule has 0 aliphatic carbocycles. The number of nitrogen functional groups attached to an aromatic ring is 2. The average Bonchev–Trinajstić information content (AvgIpc) is 2.24. The number of anilines is 2. The van der Waals surface area contributed by atoms with Crippen LogP contribution in [0.15, 0.2) is 37.5 Å². The van der Waals surface area contributed by atoms with Gasteiger partial charge < -0.3 is 16.5 Å². The van der Waals surface area contributed by atoms with Crippen LogP contribution in [0.25, 0.3) is 0 Å². The zero-order valence-corrected chi connectivity index (χ0v) is 11.3. The minimum Gasteiger partial charge on any atom is -0.398 e. The Hall–Kier alpha value is -1.54. The number of nitrogens with two attached hydrogens (primary N) is 2. The Balaban J connectivity index is 2.39. The number of hydrogen-bond acceptors (Lipinski definition) is 5. The van der Waals surface area contributed by atoms with Crippen molar-refractivity contribution in [2.75, 3.05) is 11.5 Å². The van der Waals surface area contributed by atoms with Gasteiger partial charge in [-0.25, -0.2) is 9.37 Å². The Morgan fingerprint density at radius 1 is 1.33 bits per heavy atom. The molecule has 0 bridgehead atoms. The predicted octanol–water partition coefficient (Wildman–Crippen LogP) is 1.99. The third-order valence-corrected chi connectivity index (χ3v) is 3.57. The molecule has 0 saturated carbocycles. The summed E-state index contributed by atoms with van der Waals surface area (Å²) in [6, 6.07) is 3.88. The maximum absolute atomic E-state index is 13.2. The van der Waals surface area contributed by atoms with Crippen LogP contribution in [0.3, 0.4) is 0 Å². The first-order chi connectivity index (χ1) is 8.45. The highest BCUT2D eigenvalue weighted by Crippen LogP contribution is 2.33. The van der Waals surface area contributed by atoms with Crippen LogP contribution in [0.1, 0.15) is 0 Å². The third-order valence-electron chi connectivity index (χ3n) is 2.00. The van der Waals surface area contributed by atoms with Gasteiger partial charge in [0, 0.05) is 16.6 Å². The molecule has 0 fully saturated rings. The van der Waals surface area contributed by atoms with E-state index in [1.165, 1.54) is 18.2 Å². The smallest absolute Gasteiger partial charge is 0.253 e. The Morgan fingerprint density at radius 3 is 2.72 bits per heavy atom. The fourth-order valence-corrected chi connectivity index (χ4v) is 2.60. The molecule has 0 saturated heterocycles. The number of hydrogen-bond donors (Lipinski definition) is 3. The molecule has 0 spiro atoms. The van der Waals surface area contributed by atoms with Gasteiger partial charge in [-0.15, -0.1) is 0 Å². The molecule has 94 valence electrons. The van der Waals surface area contributed by atoms with Crippen LogP contribution in [-0.2, 0) is 0 Å². The second-order valence-corrected chi connectivity index (χ2v) is 5.27. The quantitative estimate of drug-likeness (QED) is 0.577. The van der Waals surface area contributed by atoms with Crippen molar-refractivity contribution in [3.63, 3.8) is 0 Å². The van der Waals surface area contributed by atoms with Crippen molar-refractivity contribution in [3.05, 3.63) is 38.8 Å². The minimum atomic E-state index is -0.453. The van der Waals surface area contributed by atoms with Crippen LogP contribution in [0.2, 0.25) is 0 Å². The van der Waals surface area contributed by atoms with Crippen molar-refractivity contribution in [1.82, 2.24) is 9.97 Å². The van der Waals surface area contributed by atoms with E-state index in [9.17, 15) is 9.18 Å². The molecule has 1 aromatic heterocycles. The fourth-order valence-electron chi connectivity index (χ4n) is 1.24. The van der Waals surface area contributed by atoms with E-state index in [1.807, 2.05) is 0 Å². The molecule has 0 amide bonds. The zero-order chi connectivity index (χ0) is 13.3. The van der Waals surface area contributed by atoms with E-state index in [0.29, 0.717) is 10.1 Å². The Kier molecular flexibility index (Phi) is 3.58. The lowest BCUT2D eigenvalue weighted by Gasteiger charge is -2.06. The predicted molar refractivity (Wildman–Crippen MR) is 71.9 cm³/mol. The molecule has 0 aliphatic rings. The lowest BCUT2D eigenvalue weighted by atomic mass is 10.3. The van der Waals surface area contributed by atoms with Gasteiger partial charge >= 0.3 is 0 Å². The number of aromatic amines is 1. The van der Waals surface area contributed by atoms with Crippen molar-refractivity contribution >= 4 is 39.2 Å². The highest BCUT2D eigenvalue weighted by molar-refractivity contribution is 9.10. The van der Waals surface area contributed by atoms with Crippen LogP contribution in [0, 0.1) is 5.82 Å². The van der Waals surface area contributed by atoms with Gasteiger partial charge in [-0.3, -0.25) is 4.79 Å². The van der Waals surface area contributed by atoms with Gasteiger partial charge in [-0.1, -0.05) is 0 Å². The topological polar surface area (TPSA) is 97.8 Å². The van der Waals surface area contributed by atoms with E-state index in [2.05, 4.69) is 25.9 Å². The van der Waals surface area contributed by atoms with Gasteiger partial charge in [0.25, 0.3) is 5.56 Å². The summed E-state index contributed by atoms with van der Waals surface area (Å²) in [6.45, 7) is 0. The fraction of sp³-hybridized carbons (Fsp3) is 0. The van der Waals surface area contributed by atoms with Crippen molar-refractivity contribution in [1.29, 1.82) is 0 Å². The van der Waals surface area contributed by atoms with E-state index in [4.69, 9.17) is 11.5 Å². The summed E-state index contributed by atoms with van der Waals surface area (Å²) in [5.74, 6) is -0.341. The first-order valence-corrected chi connectivity index (χ1v) is 6.36. The molecule has 0 atom stereocenters. The Labute approximate surface area is 114 Å². The van der Waals surface area contributed by atoms with E-state index in [-0.39, 0.29) is 21.5 Å². The summed E-state index contributed by atoms with van der Waals surface area (Å²) in [7, 11) is 0. The average molecular weight is 331 g/mol. The second-order valence-electron chi connectivity index (χ2n) is 3.38. The molecule has 18 heavy (non-hydrogen) atoms. The number of halogens is 2. The summed E-state index contributed by atoms with van der Waals surface area (Å²) in [4.78, 5) is 18.2. The Bertz CT molecular complexity index is 661. The number of H-pyrrole nitrogens is 1. The summed E-state index contributed by atoms with van der Waals surface area (Å²) >= 11 is 4.16. The summed E-state index contributed by atoms with van der Waals surface area (Å²) in [6.07, 6.45) is 0. The van der Waals surface area contributed by atoms with E-state index < -0.39 is 5.82 Å². The van der Waals surface area contributed by atoms with Gasteiger partial charge in [-0.05, 0) is 39.8 Å². The standard InChI is InChI=1S/C10H8BrFN4OS/c11-4-1-7(6(13)2-5(4)12)18-10-15-8(14)3-9(17)16-10/h1-3H,13H2,(H3,14,15,16,17). The molecule has 2 aromatic rings. The second kappa shape index (κ2) is 4.99. The van der Waals surface area contributed by atoms with E-state index in [0.717, 1.165) is 11.8 Å². The molecule has 2 rings (SSSR count). The SMILES string of the molecule is Nc1cc(=O)[nH]c(Sc2cc(Br)c(F)cc2N)n1. The first kappa shape index (κ1) is 12.9. The molecular formula is C10H8BrFN4OS. The maximum atomic E-state index is 13.2. The zero-order valence-electron chi connectivity index (χ0n) is 8.91. The lowest BCUT2D eigenvalue weighted by Crippen LogP contribution is -2.09. The monoisotopic (exact) mass is 330 g/mol. The van der Waals surface area contributed by atoms with Gasteiger partial charge in [-0.2, -0.15) is 0 Å². The van der Waals surface area contributed by atoms with Crippen molar-refractivity contribution in [2.45, 2.75) is 10.1 Å². The Morgan fingerprint density at radius 2 is 2.06 bits per heavy atom. The molecule has 0 unspecified atom stereocenters. The molecule has 1 aromatic carbocycles. The van der Waals surface area contributed by atoms with Crippen LogP contribution in [-0.4, -0.2) is 9.97 Å². The molecule has 5 nitrogen and oxygen atoms in total. The van der Waals surface area contributed by atoms with Crippen LogP contribution in [0.4, 0.5) is 15.9 Å². The normalized spacial score (nSPS) is 10.6. The lowest BCUT2D eigenvalue weighted by molar-refractivity contribution is 0.620. The molecule has 5 N–H and O–H groups in total. The number of aromatic nitrogens is 2.